The number of hydrogen-bond acceptors (Lipinski definition) is 4. The predicted octanol–water partition coefficient (Wildman–Crippen LogP) is 2.62. The van der Waals surface area contributed by atoms with Crippen LogP contribution in [0.3, 0.4) is 0 Å². The Labute approximate surface area is 151 Å². The number of fused-ring (bicyclic) bond motifs is 1. The predicted molar refractivity (Wildman–Crippen MR) is 95.5 cm³/mol. The highest BCUT2D eigenvalue weighted by Gasteiger charge is 2.35. The minimum absolute atomic E-state index is 0.00575. The van der Waals surface area contributed by atoms with E-state index in [1.807, 2.05) is 24.3 Å². The highest BCUT2D eigenvalue weighted by molar-refractivity contribution is 6.21. The molecule has 0 radical (unpaired) electrons. The number of para-hydroxylation sites is 1. The number of rotatable bonds is 6. The highest BCUT2D eigenvalue weighted by Crippen LogP contribution is 2.23. The van der Waals surface area contributed by atoms with Crippen molar-refractivity contribution >= 4 is 23.4 Å². The first-order chi connectivity index (χ1) is 12.6. The second-order valence-electron chi connectivity index (χ2n) is 5.85. The van der Waals surface area contributed by atoms with Crippen molar-refractivity contribution in [2.75, 3.05) is 18.0 Å². The largest absolute Gasteiger partial charge is 0.311 e. The molecule has 0 spiro atoms. The van der Waals surface area contributed by atoms with Gasteiger partial charge in [0.05, 0.1) is 23.6 Å². The molecule has 1 aliphatic rings. The van der Waals surface area contributed by atoms with Crippen LogP contribution in [0.4, 0.5) is 5.69 Å². The molecule has 2 aromatic carbocycles. The van der Waals surface area contributed by atoms with Gasteiger partial charge in [-0.05, 0) is 24.3 Å². The van der Waals surface area contributed by atoms with Gasteiger partial charge < -0.3 is 4.90 Å². The molecule has 0 unspecified atom stereocenters. The number of carbonyl (C=O) groups is 3. The lowest BCUT2D eigenvalue weighted by atomic mass is 10.1. The van der Waals surface area contributed by atoms with Crippen LogP contribution in [-0.4, -0.2) is 35.7 Å². The van der Waals surface area contributed by atoms with Gasteiger partial charge in [-0.15, -0.1) is 0 Å². The molecule has 1 heterocycles. The fraction of sp³-hybridized carbons (Fsp3) is 0.200. The van der Waals surface area contributed by atoms with Crippen molar-refractivity contribution in [2.45, 2.75) is 12.8 Å². The fourth-order valence-corrected chi connectivity index (χ4v) is 2.95. The van der Waals surface area contributed by atoms with Crippen LogP contribution in [0.25, 0.3) is 0 Å². The normalized spacial score (nSPS) is 12.7. The molecule has 6 heteroatoms. The SMILES string of the molecule is N#CCCN(C(=O)CCN1C(=O)c2ccccc2C1=O)c1ccccc1. The average molecular weight is 347 g/mol. The van der Waals surface area contributed by atoms with Crippen molar-refractivity contribution in [2.24, 2.45) is 0 Å². The summed E-state index contributed by atoms with van der Waals surface area (Å²) < 4.78 is 0. The van der Waals surface area contributed by atoms with Crippen molar-refractivity contribution in [1.82, 2.24) is 4.90 Å². The third-order valence-electron chi connectivity index (χ3n) is 4.24. The van der Waals surface area contributed by atoms with Crippen LogP contribution in [0.15, 0.2) is 54.6 Å². The van der Waals surface area contributed by atoms with Gasteiger partial charge in [-0.1, -0.05) is 30.3 Å². The Balaban J connectivity index is 1.70. The van der Waals surface area contributed by atoms with Crippen LogP contribution in [0.1, 0.15) is 33.6 Å². The number of hydrogen-bond donors (Lipinski definition) is 0. The van der Waals surface area contributed by atoms with Gasteiger partial charge in [0.1, 0.15) is 0 Å². The van der Waals surface area contributed by atoms with Crippen molar-refractivity contribution in [3.8, 4) is 6.07 Å². The zero-order valence-corrected chi connectivity index (χ0v) is 14.1. The topological polar surface area (TPSA) is 81.5 Å². The summed E-state index contributed by atoms with van der Waals surface area (Å²) in [7, 11) is 0. The third kappa shape index (κ3) is 3.33. The van der Waals surface area contributed by atoms with Crippen molar-refractivity contribution < 1.29 is 14.4 Å². The summed E-state index contributed by atoms with van der Waals surface area (Å²) in [6.07, 6.45) is 0.208. The average Bonchev–Trinajstić information content (AvgIpc) is 2.92. The van der Waals surface area contributed by atoms with Crippen molar-refractivity contribution in [3.05, 3.63) is 65.7 Å². The minimum atomic E-state index is -0.373. The van der Waals surface area contributed by atoms with E-state index in [1.165, 1.54) is 4.90 Å². The summed E-state index contributed by atoms with van der Waals surface area (Å²) in [6.45, 7) is 0.280. The molecule has 6 nitrogen and oxygen atoms in total. The van der Waals surface area contributed by atoms with Crippen LogP contribution >= 0.6 is 0 Å². The van der Waals surface area contributed by atoms with Crippen LogP contribution in [-0.2, 0) is 4.79 Å². The standard InChI is InChI=1S/C20H17N3O3/c21-12-6-13-22(15-7-2-1-3-8-15)18(24)11-14-23-19(25)16-9-4-5-10-17(16)20(23)26/h1-5,7-10H,6,11,13-14H2. The van der Waals surface area contributed by atoms with Gasteiger partial charge in [0.15, 0.2) is 0 Å². The third-order valence-corrected chi connectivity index (χ3v) is 4.24. The Hall–Kier alpha value is -3.46. The van der Waals surface area contributed by atoms with Crippen molar-refractivity contribution in [3.63, 3.8) is 0 Å². The van der Waals surface area contributed by atoms with Gasteiger partial charge in [0, 0.05) is 25.2 Å². The second kappa shape index (κ2) is 7.62. The molecule has 0 aliphatic carbocycles. The van der Waals surface area contributed by atoms with Gasteiger partial charge in [-0.2, -0.15) is 5.26 Å². The lowest BCUT2D eigenvalue weighted by Gasteiger charge is -2.23. The van der Waals surface area contributed by atoms with E-state index in [4.69, 9.17) is 5.26 Å². The zero-order chi connectivity index (χ0) is 18.5. The van der Waals surface area contributed by atoms with Gasteiger partial charge in [-0.25, -0.2) is 0 Å². The Morgan fingerprint density at radius 2 is 1.54 bits per heavy atom. The number of nitriles is 1. The summed E-state index contributed by atoms with van der Waals surface area (Å²) in [5.41, 5.74) is 1.43. The monoisotopic (exact) mass is 347 g/mol. The maximum absolute atomic E-state index is 12.7. The molecule has 0 fully saturated rings. The van der Waals surface area contributed by atoms with Crippen LogP contribution in [0, 0.1) is 11.3 Å². The molecule has 3 amide bonds. The second-order valence-corrected chi connectivity index (χ2v) is 5.85. The molecule has 1 aliphatic heterocycles. The Kier molecular flexibility index (Phi) is 5.09. The molecule has 0 saturated heterocycles. The lowest BCUT2D eigenvalue weighted by molar-refractivity contribution is -0.118. The number of amides is 3. The first kappa shape index (κ1) is 17.4. The molecule has 0 bridgehead atoms. The van der Waals surface area contributed by atoms with E-state index in [2.05, 4.69) is 0 Å². The summed E-state index contributed by atoms with van der Waals surface area (Å²) in [4.78, 5) is 40.0. The van der Waals surface area contributed by atoms with Gasteiger partial charge in [0.2, 0.25) is 5.91 Å². The molecule has 130 valence electrons. The molecule has 0 N–H and O–H groups in total. The minimum Gasteiger partial charge on any atom is -0.311 e. The van der Waals surface area contributed by atoms with Crippen LogP contribution in [0.5, 0.6) is 0 Å². The van der Waals surface area contributed by atoms with E-state index in [0.29, 0.717) is 16.8 Å². The van der Waals surface area contributed by atoms with Gasteiger partial charge in [0.25, 0.3) is 11.8 Å². The molecule has 0 aromatic heterocycles. The van der Waals surface area contributed by atoms with Gasteiger partial charge >= 0.3 is 0 Å². The van der Waals surface area contributed by atoms with E-state index < -0.39 is 0 Å². The summed E-state index contributed by atoms with van der Waals surface area (Å²) in [6, 6.07) is 17.7. The fourth-order valence-electron chi connectivity index (χ4n) is 2.95. The summed E-state index contributed by atoms with van der Waals surface area (Å²) >= 11 is 0. The maximum Gasteiger partial charge on any atom is 0.261 e. The number of anilines is 1. The van der Waals surface area contributed by atoms with E-state index in [0.717, 1.165) is 4.90 Å². The van der Waals surface area contributed by atoms with E-state index in [1.54, 1.807) is 36.4 Å². The zero-order valence-electron chi connectivity index (χ0n) is 14.1. The number of nitrogens with zero attached hydrogens (tertiary/aromatic N) is 3. The Morgan fingerprint density at radius 3 is 2.12 bits per heavy atom. The quantitative estimate of drug-likeness (QED) is 0.752. The molecule has 26 heavy (non-hydrogen) atoms. The first-order valence-corrected chi connectivity index (χ1v) is 8.31. The highest BCUT2D eigenvalue weighted by atomic mass is 16.2. The molecule has 0 atom stereocenters. The number of carbonyl (C=O) groups excluding carboxylic acids is 3. The van der Waals surface area contributed by atoms with Crippen molar-refractivity contribution in [1.29, 1.82) is 5.26 Å². The lowest BCUT2D eigenvalue weighted by Crippen LogP contribution is -2.37. The maximum atomic E-state index is 12.7. The Bertz CT molecular complexity index is 852. The smallest absolute Gasteiger partial charge is 0.261 e. The number of benzene rings is 2. The van der Waals surface area contributed by atoms with Crippen LogP contribution < -0.4 is 4.90 Å². The van der Waals surface area contributed by atoms with Gasteiger partial charge in [-0.3, -0.25) is 19.3 Å². The molecule has 2 aromatic rings. The molecular formula is C20H17N3O3. The molecule has 0 saturated carbocycles. The summed E-state index contributed by atoms with van der Waals surface area (Å²) in [5, 5.41) is 8.83. The van der Waals surface area contributed by atoms with E-state index in [9.17, 15) is 14.4 Å². The van der Waals surface area contributed by atoms with E-state index >= 15 is 0 Å². The molecule has 3 rings (SSSR count). The molecular weight excluding hydrogens is 330 g/mol. The number of imide groups is 1. The first-order valence-electron chi connectivity index (χ1n) is 8.31. The Morgan fingerprint density at radius 1 is 0.962 bits per heavy atom. The van der Waals surface area contributed by atoms with Crippen LogP contribution in [0.2, 0.25) is 0 Å². The van der Waals surface area contributed by atoms with E-state index in [-0.39, 0.29) is 43.7 Å². The summed E-state index contributed by atoms with van der Waals surface area (Å²) in [5.74, 6) is -0.980.